The van der Waals surface area contributed by atoms with Gasteiger partial charge in [0.25, 0.3) is 0 Å². The van der Waals surface area contributed by atoms with Crippen molar-refractivity contribution in [3.8, 4) is 5.75 Å². The molecule has 1 aliphatic rings. The van der Waals surface area contributed by atoms with E-state index in [1.165, 1.54) is 5.56 Å². The van der Waals surface area contributed by atoms with Gasteiger partial charge in [0.15, 0.2) is 0 Å². The first-order chi connectivity index (χ1) is 10.6. The fourth-order valence-corrected chi connectivity index (χ4v) is 3.78. The lowest BCUT2D eigenvalue weighted by Gasteiger charge is -2.26. The average Bonchev–Trinajstić information content (AvgIpc) is 2.56. The van der Waals surface area contributed by atoms with Crippen LogP contribution in [0.2, 0.25) is 0 Å². The molecular weight excluding hydrogens is 296 g/mol. The maximum Gasteiger partial charge on any atom is 0.144 e. The first-order valence-electron chi connectivity index (χ1n) is 7.78. The molecule has 0 amide bonds. The zero-order valence-electron chi connectivity index (χ0n) is 13.5. The molecule has 1 aromatic heterocycles. The molecule has 1 saturated heterocycles. The molecule has 2 aromatic rings. The number of fused-ring (bicyclic) bond motifs is 1. The minimum absolute atomic E-state index is 0.268. The number of pyridine rings is 1. The third kappa shape index (κ3) is 3.65. The summed E-state index contributed by atoms with van der Waals surface area (Å²) in [5.74, 6) is 1.78. The number of phenolic OH excluding ortho intramolecular Hbond substituents is 1. The van der Waals surface area contributed by atoms with Gasteiger partial charge in [0.1, 0.15) is 11.3 Å². The number of benzene rings is 1. The normalized spacial score (nSPS) is 16.3. The Morgan fingerprint density at radius 1 is 1.32 bits per heavy atom. The summed E-state index contributed by atoms with van der Waals surface area (Å²) in [5, 5.41) is 11.1. The highest BCUT2D eigenvalue weighted by Gasteiger charge is 2.17. The molecule has 3 rings (SSSR count). The molecular formula is C17H24N2O2S. The lowest BCUT2D eigenvalue weighted by atomic mass is 10.0. The van der Waals surface area contributed by atoms with Crippen molar-refractivity contribution in [3.05, 3.63) is 35.5 Å². The maximum atomic E-state index is 11.4. The maximum absolute atomic E-state index is 11.4. The summed E-state index contributed by atoms with van der Waals surface area (Å²) in [6.45, 7) is 8.46. The van der Waals surface area contributed by atoms with Crippen LogP contribution >= 0.6 is 0 Å². The quantitative estimate of drug-likeness (QED) is 0.924. The van der Waals surface area contributed by atoms with Gasteiger partial charge in [-0.1, -0.05) is 26.0 Å². The van der Waals surface area contributed by atoms with Gasteiger partial charge in [0.05, 0.1) is 0 Å². The topological polar surface area (TPSA) is 53.4 Å². The van der Waals surface area contributed by atoms with Crippen molar-refractivity contribution in [2.24, 2.45) is 0 Å². The van der Waals surface area contributed by atoms with E-state index in [1.807, 2.05) is 39.0 Å². The molecule has 1 N–H and O–H groups in total. The summed E-state index contributed by atoms with van der Waals surface area (Å²) in [6, 6.07) is 5.93. The predicted molar refractivity (Wildman–Crippen MR) is 92.6 cm³/mol. The number of hydrogen-bond donors (Lipinski definition) is 1. The first kappa shape index (κ1) is 16.9. The molecule has 1 fully saturated rings. The Kier molecular flexibility index (Phi) is 5.91. The van der Waals surface area contributed by atoms with Crippen LogP contribution in [-0.2, 0) is 17.3 Å². The summed E-state index contributed by atoms with van der Waals surface area (Å²) >= 11 is 0. The standard InChI is InChI=1S/C15H18N2O2S.C2H6/c1-11-9-12(10-17-5-7-20(19)8-6-17)13-3-2-4-16-14(13)15(11)18;1-2/h2-4,9,18H,5-8,10H2,1H3;1-2H3. The Morgan fingerprint density at radius 2 is 2.00 bits per heavy atom. The summed E-state index contributed by atoms with van der Waals surface area (Å²) in [7, 11) is -0.648. The highest BCUT2D eigenvalue weighted by atomic mass is 32.2. The Hall–Kier alpha value is -1.46. The zero-order chi connectivity index (χ0) is 16.1. The van der Waals surface area contributed by atoms with E-state index in [9.17, 15) is 9.32 Å². The molecule has 5 heteroatoms. The summed E-state index contributed by atoms with van der Waals surface area (Å²) in [6.07, 6.45) is 1.70. The van der Waals surface area contributed by atoms with Crippen LogP contribution in [0.4, 0.5) is 0 Å². The first-order valence-corrected chi connectivity index (χ1v) is 9.27. The second kappa shape index (κ2) is 7.70. The molecule has 120 valence electrons. The molecule has 0 saturated carbocycles. The number of phenols is 1. The number of hydrogen-bond acceptors (Lipinski definition) is 4. The van der Waals surface area contributed by atoms with E-state index in [2.05, 4.69) is 9.88 Å². The van der Waals surface area contributed by atoms with Crippen molar-refractivity contribution >= 4 is 21.7 Å². The van der Waals surface area contributed by atoms with E-state index < -0.39 is 10.8 Å². The highest BCUT2D eigenvalue weighted by Crippen LogP contribution is 2.30. The van der Waals surface area contributed by atoms with Gasteiger partial charge in [-0.3, -0.25) is 14.1 Å². The van der Waals surface area contributed by atoms with Crippen LogP contribution < -0.4 is 0 Å². The average molecular weight is 320 g/mol. The number of rotatable bonds is 2. The van der Waals surface area contributed by atoms with Crippen LogP contribution in [0, 0.1) is 6.92 Å². The van der Waals surface area contributed by atoms with Crippen molar-refractivity contribution in [2.45, 2.75) is 27.3 Å². The molecule has 0 bridgehead atoms. The number of aromatic hydroxyl groups is 1. The van der Waals surface area contributed by atoms with Crippen LogP contribution in [0.15, 0.2) is 24.4 Å². The zero-order valence-corrected chi connectivity index (χ0v) is 14.3. The summed E-state index contributed by atoms with van der Waals surface area (Å²) in [4.78, 5) is 6.61. The smallest absolute Gasteiger partial charge is 0.144 e. The van der Waals surface area contributed by atoms with Crippen molar-refractivity contribution in [1.29, 1.82) is 0 Å². The lowest BCUT2D eigenvalue weighted by molar-refractivity contribution is 0.292. The Labute approximate surface area is 134 Å². The molecule has 0 atom stereocenters. The third-order valence-electron chi connectivity index (χ3n) is 3.81. The van der Waals surface area contributed by atoms with E-state index in [0.717, 1.165) is 42.1 Å². The fourth-order valence-electron chi connectivity index (χ4n) is 2.65. The molecule has 22 heavy (non-hydrogen) atoms. The van der Waals surface area contributed by atoms with Crippen molar-refractivity contribution in [2.75, 3.05) is 24.6 Å². The van der Waals surface area contributed by atoms with Crippen LogP contribution in [0.25, 0.3) is 10.9 Å². The van der Waals surface area contributed by atoms with Crippen LogP contribution in [0.1, 0.15) is 25.0 Å². The van der Waals surface area contributed by atoms with Crippen molar-refractivity contribution in [3.63, 3.8) is 0 Å². The van der Waals surface area contributed by atoms with Gasteiger partial charge in [-0.25, -0.2) is 0 Å². The van der Waals surface area contributed by atoms with Gasteiger partial charge in [-0.05, 0) is 24.1 Å². The Balaban J connectivity index is 0.000000847. The van der Waals surface area contributed by atoms with Crippen LogP contribution in [0.3, 0.4) is 0 Å². The van der Waals surface area contributed by atoms with E-state index in [0.29, 0.717) is 5.52 Å². The number of nitrogens with zero attached hydrogens (tertiary/aromatic N) is 2. The van der Waals surface area contributed by atoms with Gasteiger partial charge in [-0.2, -0.15) is 0 Å². The monoisotopic (exact) mass is 320 g/mol. The van der Waals surface area contributed by atoms with Gasteiger partial charge < -0.3 is 5.11 Å². The molecule has 0 radical (unpaired) electrons. The second-order valence-electron chi connectivity index (χ2n) is 5.22. The Morgan fingerprint density at radius 3 is 2.68 bits per heavy atom. The predicted octanol–water partition coefficient (Wildman–Crippen LogP) is 2.84. The lowest BCUT2D eigenvalue weighted by Crippen LogP contribution is -2.37. The fraction of sp³-hybridized carbons (Fsp3) is 0.471. The summed E-state index contributed by atoms with van der Waals surface area (Å²) < 4.78 is 11.4. The SMILES string of the molecule is CC.Cc1cc(CN2CCS(=O)CC2)c2cccnc2c1O. The molecule has 2 heterocycles. The molecule has 1 aliphatic heterocycles. The molecule has 0 spiro atoms. The molecule has 0 unspecified atom stereocenters. The number of aromatic nitrogens is 1. The van der Waals surface area contributed by atoms with E-state index in [4.69, 9.17) is 0 Å². The highest BCUT2D eigenvalue weighted by molar-refractivity contribution is 7.85. The summed E-state index contributed by atoms with van der Waals surface area (Å²) in [5.41, 5.74) is 2.70. The molecule has 0 aliphatic carbocycles. The van der Waals surface area contributed by atoms with Gasteiger partial charge in [0, 0.05) is 53.5 Å². The molecule has 1 aromatic carbocycles. The van der Waals surface area contributed by atoms with Gasteiger partial charge >= 0.3 is 0 Å². The van der Waals surface area contributed by atoms with Gasteiger partial charge in [0.2, 0.25) is 0 Å². The van der Waals surface area contributed by atoms with E-state index in [1.54, 1.807) is 6.20 Å². The van der Waals surface area contributed by atoms with Gasteiger partial charge in [-0.15, -0.1) is 0 Å². The largest absolute Gasteiger partial charge is 0.505 e. The van der Waals surface area contributed by atoms with E-state index >= 15 is 0 Å². The van der Waals surface area contributed by atoms with Crippen LogP contribution in [-0.4, -0.2) is 43.8 Å². The van der Waals surface area contributed by atoms with E-state index in [-0.39, 0.29) is 5.75 Å². The minimum atomic E-state index is -0.648. The molecule has 4 nitrogen and oxygen atoms in total. The Bertz CT molecular complexity index is 663. The minimum Gasteiger partial charge on any atom is -0.505 e. The second-order valence-corrected chi connectivity index (χ2v) is 6.92. The van der Waals surface area contributed by atoms with Crippen molar-refractivity contribution in [1.82, 2.24) is 9.88 Å². The van der Waals surface area contributed by atoms with Crippen LogP contribution in [0.5, 0.6) is 5.75 Å². The van der Waals surface area contributed by atoms with Crippen molar-refractivity contribution < 1.29 is 9.32 Å². The third-order valence-corrected chi connectivity index (χ3v) is 5.08. The number of aryl methyl sites for hydroxylation is 1.